The number of halogens is 3. The first-order valence-electron chi connectivity index (χ1n) is 4.02. The number of nitrogens with one attached hydrogen (secondary N) is 1. The monoisotopic (exact) mass is 239 g/mol. The molecule has 84 valence electrons. The summed E-state index contributed by atoms with van der Waals surface area (Å²) in [6.45, 7) is 1.44. The van der Waals surface area contributed by atoms with Crippen LogP contribution in [0.5, 0.6) is 0 Å². The lowest BCUT2D eigenvalue weighted by Gasteiger charge is -2.06. The van der Waals surface area contributed by atoms with Gasteiger partial charge >= 0.3 is 0 Å². The molecule has 0 radical (unpaired) electrons. The molecule has 0 saturated heterocycles. The van der Waals surface area contributed by atoms with Crippen LogP contribution in [0.25, 0.3) is 0 Å². The van der Waals surface area contributed by atoms with Crippen molar-refractivity contribution in [1.29, 1.82) is 0 Å². The molecule has 0 aliphatic carbocycles. The van der Waals surface area contributed by atoms with Crippen LogP contribution in [0.2, 0.25) is 0 Å². The fraction of sp³-hybridized carbons (Fsp3) is 0.250. The minimum absolute atomic E-state index is 0.0153. The molecule has 1 rings (SSSR count). The molecule has 15 heavy (non-hydrogen) atoms. The van der Waals surface area contributed by atoms with Crippen LogP contribution in [0.3, 0.4) is 0 Å². The van der Waals surface area contributed by atoms with Gasteiger partial charge in [0.25, 0.3) is 0 Å². The van der Waals surface area contributed by atoms with Gasteiger partial charge in [-0.2, -0.15) is 0 Å². The van der Waals surface area contributed by atoms with Crippen LogP contribution >= 0.6 is 0 Å². The highest BCUT2D eigenvalue weighted by Gasteiger charge is 2.24. The van der Waals surface area contributed by atoms with E-state index in [1.165, 1.54) is 6.92 Å². The Labute approximate surface area is 85.0 Å². The largest absolute Gasteiger partial charge is 0.246 e. The third kappa shape index (κ3) is 2.48. The zero-order chi connectivity index (χ0) is 11.6. The van der Waals surface area contributed by atoms with E-state index in [0.717, 1.165) is 0 Å². The van der Waals surface area contributed by atoms with Gasteiger partial charge in [0.05, 0.1) is 0 Å². The molecular formula is C8H8F3NO2S. The molecular weight excluding hydrogens is 231 g/mol. The average Bonchev–Trinajstić information content (AvgIpc) is 1.99. The van der Waals surface area contributed by atoms with Crippen molar-refractivity contribution in [3.05, 3.63) is 29.6 Å². The molecule has 0 aromatic heterocycles. The maximum Gasteiger partial charge on any atom is 0.246 e. The standard InChI is InChI=1S/C8H8F3NO2S/c1-2-12-15(13,14)8-6(10)3-5(9)4-7(8)11/h3-4,12H,2H2,1H3. The van der Waals surface area contributed by atoms with Crippen LogP contribution < -0.4 is 4.72 Å². The smallest absolute Gasteiger partial charge is 0.211 e. The Morgan fingerprint density at radius 2 is 1.67 bits per heavy atom. The number of hydrogen-bond donors (Lipinski definition) is 1. The molecule has 0 spiro atoms. The topological polar surface area (TPSA) is 46.2 Å². The molecule has 0 aliphatic heterocycles. The first kappa shape index (κ1) is 12.0. The third-order valence-electron chi connectivity index (χ3n) is 1.57. The first-order valence-corrected chi connectivity index (χ1v) is 5.51. The molecule has 1 aromatic carbocycles. The SMILES string of the molecule is CCNS(=O)(=O)c1c(F)cc(F)cc1F. The average molecular weight is 239 g/mol. The van der Waals surface area contributed by atoms with Gasteiger partial charge in [0, 0.05) is 18.7 Å². The van der Waals surface area contributed by atoms with Gasteiger partial charge in [0.1, 0.15) is 17.5 Å². The maximum atomic E-state index is 13.0. The Kier molecular flexibility index (Phi) is 3.35. The Morgan fingerprint density at radius 1 is 1.20 bits per heavy atom. The summed E-state index contributed by atoms with van der Waals surface area (Å²) < 4.78 is 63.0. The van der Waals surface area contributed by atoms with Crippen LogP contribution in [0.15, 0.2) is 17.0 Å². The second-order valence-corrected chi connectivity index (χ2v) is 4.40. The molecule has 0 saturated carbocycles. The summed E-state index contributed by atoms with van der Waals surface area (Å²) in [5, 5.41) is 0. The van der Waals surface area contributed by atoms with Gasteiger partial charge in [-0.15, -0.1) is 0 Å². The van der Waals surface area contributed by atoms with E-state index >= 15 is 0 Å². The van der Waals surface area contributed by atoms with E-state index in [2.05, 4.69) is 0 Å². The van der Waals surface area contributed by atoms with Crippen molar-refractivity contribution in [2.75, 3.05) is 6.54 Å². The van der Waals surface area contributed by atoms with Crippen LogP contribution in [0, 0.1) is 17.5 Å². The van der Waals surface area contributed by atoms with Crippen molar-refractivity contribution >= 4 is 10.0 Å². The van der Waals surface area contributed by atoms with Gasteiger partial charge in [-0.3, -0.25) is 0 Å². The Balaban J connectivity index is 3.38. The van der Waals surface area contributed by atoms with Gasteiger partial charge in [0.15, 0.2) is 4.90 Å². The van der Waals surface area contributed by atoms with Crippen molar-refractivity contribution in [3.8, 4) is 0 Å². The van der Waals surface area contributed by atoms with E-state index in [4.69, 9.17) is 0 Å². The number of hydrogen-bond acceptors (Lipinski definition) is 2. The zero-order valence-corrected chi connectivity index (χ0v) is 8.54. The van der Waals surface area contributed by atoms with Crippen molar-refractivity contribution in [2.24, 2.45) is 0 Å². The third-order valence-corrected chi connectivity index (χ3v) is 3.16. The molecule has 1 aromatic rings. The zero-order valence-electron chi connectivity index (χ0n) is 7.72. The first-order chi connectivity index (χ1) is 6.88. The van der Waals surface area contributed by atoms with E-state index in [1.54, 1.807) is 0 Å². The number of rotatable bonds is 3. The predicted octanol–water partition coefficient (Wildman–Crippen LogP) is 1.40. The minimum atomic E-state index is -4.26. The van der Waals surface area contributed by atoms with Crippen LogP contribution in [-0.4, -0.2) is 15.0 Å². The summed E-state index contributed by atoms with van der Waals surface area (Å²) in [6.07, 6.45) is 0. The highest BCUT2D eigenvalue weighted by atomic mass is 32.2. The van der Waals surface area contributed by atoms with Gasteiger partial charge in [-0.05, 0) is 0 Å². The van der Waals surface area contributed by atoms with Crippen molar-refractivity contribution in [3.63, 3.8) is 0 Å². The Hall–Kier alpha value is -1.08. The number of sulfonamides is 1. The van der Waals surface area contributed by atoms with Crippen molar-refractivity contribution < 1.29 is 21.6 Å². The molecule has 7 heteroatoms. The molecule has 0 amide bonds. The van der Waals surface area contributed by atoms with E-state index in [-0.39, 0.29) is 6.54 Å². The highest BCUT2D eigenvalue weighted by molar-refractivity contribution is 7.89. The summed E-state index contributed by atoms with van der Waals surface area (Å²) in [5.74, 6) is -4.07. The molecule has 0 aliphatic rings. The predicted molar refractivity (Wildman–Crippen MR) is 47.2 cm³/mol. The molecule has 1 N–H and O–H groups in total. The van der Waals surface area contributed by atoms with Gasteiger partial charge in [0.2, 0.25) is 10.0 Å². The lowest BCUT2D eigenvalue weighted by molar-refractivity contribution is 0.494. The fourth-order valence-electron chi connectivity index (χ4n) is 1.05. The second-order valence-electron chi connectivity index (χ2n) is 2.70. The highest BCUT2D eigenvalue weighted by Crippen LogP contribution is 2.19. The fourth-order valence-corrected chi connectivity index (χ4v) is 2.20. The molecule has 0 heterocycles. The Morgan fingerprint density at radius 3 is 2.07 bits per heavy atom. The van der Waals surface area contributed by atoms with Crippen LogP contribution in [0.1, 0.15) is 6.92 Å². The lowest BCUT2D eigenvalue weighted by Crippen LogP contribution is -2.25. The normalized spacial score (nSPS) is 11.7. The summed E-state index contributed by atoms with van der Waals surface area (Å²) in [7, 11) is -4.26. The summed E-state index contributed by atoms with van der Waals surface area (Å²) in [4.78, 5) is -1.16. The van der Waals surface area contributed by atoms with Crippen LogP contribution in [0.4, 0.5) is 13.2 Å². The van der Waals surface area contributed by atoms with E-state index in [0.29, 0.717) is 12.1 Å². The molecule has 0 bridgehead atoms. The van der Waals surface area contributed by atoms with Gasteiger partial charge in [-0.25, -0.2) is 26.3 Å². The van der Waals surface area contributed by atoms with Crippen molar-refractivity contribution in [2.45, 2.75) is 11.8 Å². The maximum absolute atomic E-state index is 13.0. The summed E-state index contributed by atoms with van der Waals surface area (Å²) >= 11 is 0. The molecule has 0 fully saturated rings. The van der Waals surface area contributed by atoms with E-state index in [9.17, 15) is 21.6 Å². The number of benzene rings is 1. The van der Waals surface area contributed by atoms with Gasteiger partial charge in [-0.1, -0.05) is 6.92 Å². The van der Waals surface area contributed by atoms with Gasteiger partial charge < -0.3 is 0 Å². The van der Waals surface area contributed by atoms with Crippen molar-refractivity contribution in [1.82, 2.24) is 4.72 Å². The van der Waals surface area contributed by atoms with Crippen LogP contribution in [-0.2, 0) is 10.0 Å². The molecule has 0 atom stereocenters. The summed E-state index contributed by atoms with van der Waals surface area (Å²) in [5.41, 5.74) is 0. The van der Waals surface area contributed by atoms with E-state index < -0.39 is 32.4 Å². The lowest BCUT2D eigenvalue weighted by atomic mass is 10.3. The van der Waals surface area contributed by atoms with E-state index in [1.807, 2.05) is 4.72 Å². The second kappa shape index (κ2) is 4.19. The Bertz CT molecular complexity index is 450. The quantitative estimate of drug-likeness (QED) is 0.866. The summed E-state index contributed by atoms with van der Waals surface area (Å²) in [6, 6.07) is 0.626. The molecule has 0 unspecified atom stereocenters. The molecule has 3 nitrogen and oxygen atoms in total. The minimum Gasteiger partial charge on any atom is -0.211 e.